The zero-order valence-electron chi connectivity index (χ0n) is 11.6. The van der Waals surface area contributed by atoms with Gasteiger partial charge in [-0.3, -0.25) is 4.79 Å². The molecule has 19 heavy (non-hydrogen) atoms. The Morgan fingerprint density at radius 3 is 2.63 bits per heavy atom. The second-order valence-electron chi connectivity index (χ2n) is 5.04. The minimum absolute atomic E-state index is 0.0735. The second kappa shape index (κ2) is 6.96. The molecule has 0 saturated heterocycles. The van der Waals surface area contributed by atoms with Gasteiger partial charge in [0.05, 0.1) is 6.04 Å². The van der Waals surface area contributed by atoms with Gasteiger partial charge in [0.1, 0.15) is 0 Å². The van der Waals surface area contributed by atoms with Crippen molar-refractivity contribution in [1.29, 1.82) is 0 Å². The molecule has 0 bridgehead atoms. The van der Waals surface area contributed by atoms with E-state index in [1.807, 2.05) is 6.92 Å². The number of hydrogen-bond donors (Lipinski definition) is 2. The van der Waals surface area contributed by atoms with E-state index in [4.69, 9.17) is 0 Å². The summed E-state index contributed by atoms with van der Waals surface area (Å²) in [5.74, 6) is 0.120. The van der Waals surface area contributed by atoms with Crippen molar-refractivity contribution < 1.29 is 4.79 Å². The maximum absolute atomic E-state index is 11.8. The van der Waals surface area contributed by atoms with E-state index in [9.17, 15) is 4.79 Å². The topological polar surface area (TPSA) is 41.1 Å². The Morgan fingerprint density at radius 1 is 1.37 bits per heavy atom. The van der Waals surface area contributed by atoms with Crippen molar-refractivity contribution in [2.75, 3.05) is 12.8 Å². The van der Waals surface area contributed by atoms with Crippen molar-refractivity contribution in [2.24, 2.45) is 0 Å². The molecular formula is C15H22N2OS. The average Bonchev–Trinajstić information content (AvgIpc) is 3.23. The van der Waals surface area contributed by atoms with E-state index in [1.54, 1.807) is 11.8 Å². The van der Waals surface area contributed by atoms with Crippen LogP contribution >= 0.6 is 11.8 Å². The molecule has 2 N–H and O–H groups in total. The van der Waals surface area contributed by atoms with Crippen LogP contribution in [0.3, 0.4) is 0 Å². The highest BCUT2D eigenvalue weighted by Gasteiger charge is 2.20. The molecule has 1 atom stereocenters. The van der Waals surface area contributed by atoms with E-state index in [-0.39, 0.29) is 11.9 Å². The molecule has 0 aromatic heterocycles. The molecule has 0 spiro atoms. The first-order chi connectivity index (χ1) is 9.19. The van der Waals surface area contributed by atoms with Crippen LogP contribution in [0.2, 0.25) is 0 Å². The van der Waals surface area contributed by atoms with Crippen LogP contribution in [0.5, 0.6) is 0 Å². The van der Waals surface area contributed by atoms with Gasteiger partial charge in [0.15, 0.2) is 0 Å². The van der Waals surface area contributed by atoms with Crippen molar-refractivity contribution >= 4 is 17.7 Å². The molecule has 4 heteroatoms. The van der Waals surface area contributed by atoms with E-state index >= 15 is 0 Å². The first kappa shape index (κ1) is 14.4. The van der Waals surface area contributed by atoms with E-state index in [2.05, 4.69) is 41.2 Å². The quantitative estimate of drug-likeness (QED) is 0.754. The van der Waals surface area contributed by atoms with Gasteiger partial charge in [-0.05, 0) is 43.7 Å². The van der Waals surface area contributed by atoms with Gasteiger partial charge in [-0.2, -0.15) is 0 Å². The number of hydrogen-bond acceptors (Lipinski definition) is 3. The predicted octanol–water partition coefficient (Wildman–Crippen LogP) is 2.73. The molecule has 3 nitrogen and oxygen atoms in total. The molecule has 1 aliphatic rings. The summed E-state index contributed by atoms with van der Waals surface area (Å²) in [5, 5.41) is 6.39. The standard InChI is InChI=1S/C15H22N2OS/c1-11(12-3-7-14(19-2)8-4-12)17-15(18)9-10-16-13-5-6-13/h3-4,7-8,11,13,16H,5-6,9-10H2,1-2H3,(H,17,18). The van der Waals surface area contributed by atoms with Gasteiger partial charge in [-0.1, -0.05) is 12.1 Å². The lowest BCUT2D eigenvalue weighted by molar-refractivity contribution is -0.121. The van der Waals surface area contributed by atoms with Gasteiger partial charge >= 0.3 is 0 Å². The lowest BCUT2D eigenvalue weighted by Gasteiger charge is -2.15. The number of rotatable bonds is 7. The van der Waals surface area contributed by atoms with E-state index < -0.39 is 0 Å². The number of carbonyl (C=O) groups is 1. The summed E-state index contributed by atoms with van der Waals surface area (Å²) in [6.45, 7) is 2.81. The summed E-state index contributed by atoms with van der Waals surface area (Å²) in [4.78, 5) is 13.0. The number of amides is 1. The van der Waals surface area contributed by atoms with Crippen molar-refractivity contribution in [3.8, 4) is 0 Å². The van der Waals surface area contributed by atoms with Gasteiger partial charge in [-0.15, -0.1) is 11.8 Å². The minimum atomic E-state index is 0.0735. The fourth-order valence-corrected chi connectivity index (χ4v) is 2.38. The van der Waals surface area contributed by atoms with Crippen molar-refractivity contribution in [3.63, 3.8) is 0 Å². The zero-order valence-corrected chi connectivity index (χ0v) is 12.4. The molecule has 1 aliphatic carbocycles. The fraction of sp³-hybridized carbons (Fsp3) is 0.533. The smallest absolute Gasteiger partial charge is 0.221 e. The third-order valence-corrected chi connectivity index (χ3v) is 4.10. The molecular weight excluding hydrogens is 256 g/mol. The van der Waals surface area contributed by atoms with Crippen molar-refractivity contribution in [3.05, 3.63) is 29.8 Å². The van der Waals surface area contributed by atoms with Gasteiger partial charge in [0.25, 0.3) is 0 Å². The third kappa shape index (κ3) is 4.88. The lowest BCUT2D eigenvalue weighted by atomic mass is 10.1. The first-order valence-electron chi connectivity index (χ1n) is 6.85. The highest BCUT2D eigenvalue weighted by molar-refractivity contribution is 7.98. The maximum atomic E-state index is 11.8. The molecule has 104 valence electrons. The van der Waals surface area contributed by atoms with Gasteiger partial charge in [0, 0.05) is 23.9 Å². The third-order valence-electron chi connectivity index (χ3n) is 3.36. The molecule has 0 radical (unpaired) electrons. The normalized spacial score (nSPS) is 16.1. The fourth-order valence-electron chi connectivity index (χ4n) is 1.97. The molecule has 1 fully saturated rings. The molecule has 1 aromatic rings. The van der Waals surface area contributed by atoms with Crippen LogP contribution in [0.25, 0.3) is 0 Å². The van der Waals surface area contributed by atoms with Crippen LogP contribution in [0.15, 0.2) is 29.2 Å². The summed E-state index contributed by atoms with van der Waals surface area (Å²) in [6, 6.07) is 9.10. The lowest BCUT2D eigenvalue weighted by Crippen LogP contribution is -2.30. The van der Waals surface area contributed by atoms with Gasteiger partial charge in [0.2, 0.25) is 5.91 Å². The molecule has 0 heterocycles. The van der Waals surface area contributed by atoms with E-state index in [0.29, 0.717) is 12.5 Å². The maximum Gasteiger partial charge on any atom is 0.221 e. The predicted molar refractivity (Wildman–Crippen MR) is 80.4 cm³/mol. The highest BCUT2D eigenvalue weighted by Crippen LogP contribution is 2.19. The van der Waals surface area contributed by atoms with Crippen LogP contribution in [0.4, 0.5) is 0 Å². The Hall–Kier alpha value is -1.00. The summed E-state index contributed by atoms with van der Waals surface area (Å²) in [6.07, 6.45) is 5.15. The second-order valence-corrected chi connectivity index (χ2v) is 5.92. The van der Waals surface area contributed by atoms with Crippen molar-refractivity contribution in [2.45, 2.75) is 43.2 Å². The number of benzene rings is 1. The number of nitrogens with one attached hydrogen (secondary N) is 2. The largest absolute Gasteiger partial charge is 0.350 e. The number of thioether (sulfide) groups is 1. The van der Waals surface area contributed by atoms with Gasteiger partial charge < -0.3 is 10.6 Å². The Morgan fingerprint density at radius 2 is 2.05 bits per heavy atom. The van der Waals surface area contributed by atoms with E-state index in [0.717, 1.165) is 12.1 Å². The molecule has 1 unspecified atom stereocenters. The molecule has 0 aliphatic heterocycles. The van der Waals surface area contributed by atoms with Gasteiger partial charge in [-0.25, -0.2) is 0 Å². The molecule has 1 saturated carbocycles. The molecule has 1 aromatic carbocycles. The zero-order chi connectivity index (χ0) is 13.7. The first-order valence-corrected chi connectivity index (χ1v) is 8.08. The number of carbonyl (C=O) groups excluding carboxylic acids is 1. The summed E-state index contributed by atoms with van der Waals surface area (Å²) in [7, 11) is 0. The monoisotopic (exact) mass is 278 g/mol. The van der Waals surface area contributed by atoms with Crippen LogP contribution in [0.1, 0.15) is 37.8 Å². The van der Waals surface area contributed by atoms with Crippen LogP contribution in [-0.4, -0.2) is 24.7 Å². The summed E-state index contributed by atoms with van der Waals surface area (Å²) < 4.78 is 0. The Balaban J connectivity index is 1.74. The van der Waals surface area contributed by atoms with Crippen LogP contribution in [-0.2, 0) is 4.79 Å². The minimum Gasteiger partial charge on any atom is -0.350 e. The average molecular weight is 278 g/mol. The van der Waals surface area contributed by atoms with Crippen molar-refractivity contribution in [1.82, 2.24) is 10.6 Å². The summed E-state index contributed by atoms with van der Waals surface area (Å²) in [5.41, 5.74) is 1.15. The molecule has 1 amide bonds. The SMILES string of the molecule is CSc1ccc(C(C)NC(=O)CCNC2CC2)cc1. The molecule has 2 rings (SSSR count). The Bertz CT molecular complexity index is 415. The summed E-state index contributed by atoms with van der Waals surface area (Å²) >= 11 is 1.73. The van der Waals surface area contributed by atoms with Crippen LogP contribution < -0.4 is 10.6 Å². The Kier molecular flexibility index (Phi) is 5.28. The van der Waals surface area contributed by atoms with E-state index in [1.165, 1.54) is 17.7 Å². The Labute approximate surface area is 119 Å². The van der Waals surface area contributed by atoms with Crippen LogP contribution in [0, 0.1) is 0 Å². The highest BCUT2D eigenvalue weighted by atomic mass is 32.2.